The number of alkyl halides is 2. The summed E-state index contributed by atoms with van der Waals surface area (Å²) < 4.78 is 30.5. The van der Waals surface area contributed by atoms with Gasteiger partial charge in [-0.05, 0) is 6.42 Å². The first-order valence-corrected chi connectivity index (χ1v) is 4.89. The van der Waals surface area contributed by atoms with Gasteiger partial charge in [0.25, 0.3) is 6.43 Å². The molecule has 6 heteroatoms. The second-order valence-electron chi connectivity index (χ2n) is 3.55. The van der Waals surface area contributed by atoms with E-state index in [1.165, 1.54) is 4.68 Å². The molecule has 1 N–H and O–H groups in total. The van der Waals surface area contributed by atoms with Crippen LogP contribution >= 0.6 is 0 Å². The van der Waals surface area contributed by atoms with E-state index in [4.69, 9.17) is 4.74 Å². The molecule has 0 aliphatic carbocycles. The molecule has 0 saturated carbocycles. The zero-order valence-electron chi connectivity index (χ0n) is 8.20. The highest BCUT2D eigenvalue weighted by molar-refractivity contribution is 5.39. The van der Waals surface area contributed by atoms with Gasteiger partial charge in [-0.2, -0.15) is 5.10 Å². The predicted octanol–water partition coefficient (Wildman–Crippen LogP) is 1.35. The van der Waals surface area contributed by atoms with Crippen molar-refractivity contribution < 1.29 is 13.5 Å². The average Bonchev–Trinajstić information content (AvgIpc) is 2.77. The van der Waals surface area contributed by atoms with Crippen LogP contribution in [0.4, 0.5) is 14.5 Å². The van der Waals surface area contributed by atoms with Crippen molar-refractivity contribution >= 4 is 5.69 Å². The first-order chi connectivity index (χ1) is 7.24. The number of rotatable bonds is 4. The Balaban J connectivity index is 1.88. The van der Waals surface area contributed by atoms with Crippen molar-refractivity contribution in [2.75, 3.05) is 18.5 Å². The van der Waals surface area contributed by atoms with Gasteiger partial charge in [0.05, 0.1) is 24.5 Å². The van der Waals surface area contributed by atoms with E-state index in [0.29, 0.717) is 6.61 Å². The molecule has 2 rings (SSSR count). The molecular formula is C9H13F2N3O. The van der Waals surface area contributed by atoms with Gasteiger partial charge < -0.3 is 10.1 Å². The van der Waals surface area contributed by atoms with Gasteiger partial charge in [-0.3, -0.25) is 4.68 Å². The van der Waals surface area contributed by atoms with Gasteiger partial charge in [0.2, 0.25) is 0 Å². The van der Waals surface area contributed by atoms with E-state index >= 15 is 0 Å². The average molecular weight is 217 g/mol. The summed E-state index contributed by atoms with van der Waals surface area (Å²) in [6.07, 6.45) is 1.72. The highest BCUT2D eigenvalue weighted by Gasteiger charge is 2.15. The summed E-state index contributed by atoms with van der Waals surface area (Å²) in [6.45, 7) is 1.06. The Morgan fingerprint density at radius 3 is 3.20 bits per heavy atom. The molecule has 1 aliphatic heterocycles. The van der Waals surface area contributed by atoms with Gasteiger partial charge in [-0.15, -0.1) is 0 Å². The lowest BCUT2D eigenvalue weighted by atomic mass is 10.2. The predicted molar refractivity (Wildman–Crippen MR) is 51.1 cm³/mol. The van der Waals surface area contributed by atoms with Crippen molar-refractivity contribution in [3.8, 4) is 0 Å². The van der Waals surface area contributed by atoms with Gasteiger partial charge in [-0.1, -0.05) is 0 Å². The Labute approximate surface area is 86.2 Å². The van der Waals surface area contributed by atoms with Gasteiger partial charge in [-0.25, -0.2) is 8.78 Å². The summed E-state index contributed by atoms with van der Waals surface area (Å²) >= 11 is 0. The fourth-order valence-electron chi connectivity index (χ4n) is 1.56. The second-order valence-corrected chi connectivity index (χ2v) is 3.55. The van der Waals surface area contributed by atoms with Crippen molar-refractivity contribution in [1.82, 2.24) is 9.78 Å². The fourth-order valence-corrected chi connectivity index (χ4v) is 1.56. The lowest BCUT2D eigenvalue weighted by Crippen LogP contribution is -2.18. The molecule has 1 aromatic rings. The number of hydrogen-bond acceptors (Lipinski definition) is 3. The van der Waals surface area contributed by atoms with E-state index < -0.39 is 6.43 Å². The van der Waals surface area contributed by atoms with E-state index in [9.17, 15) is 8.78 Å². The third kappa shape index (κ3) is 2.89. The maximum absolute atomic E-state index is 12.0. The van der Waals surface area contributed by atoms with Crippen molar-refractivity contribution in [1.29, 1.82) is 0 Å². The van der Waals surface area contributed by atoms with Crippen LogP contribution in [-0.4, -0.2) is 35.5 Å². The number of nitrogens with zero attached hydrogens (tertiary/aromatic N) is 2. The minimum absolute atomic E-state index is 0.272. The number of anilines is 1. The molecule has 1 saturated heterocycles. The van der Waals surface area contributed by atoms with Gasteiger partial charge in [0.1, 0.15) is 6.54 Å². The minimum Gasteiger partial charge on any atom is -0.379 e. The van der Waals surface area contributed by atoms with E-state index in [0.717, 1.165) is 18.7 Å². The summed E-state index contributed by atoms with van der Waals surface area (Å²) in [5.41, 5.74) is 0.770. The van der Waals surface area contributed by atoms with Crippen molar-refractivity contribution in [2.45, 2.75) is 25.4 Å². The fraction of sp³-hybridized carbons (Fsp3) is 0.667. The SMILES string of the molecule is FC(F)Cn1cc(NC2CCOC2)cn1. The normalized spacial score (nSPS) is 21.1. The summed E-state index contributed by atoms with van der Waals surface area (Å²) in [7, 11) is 0. The molecular weight excluding hydrogens is 204 g/mol. The molecule has 1 aromatic heterocycles. The van der Waals surface area contributed by atoms with Crippen molar-refractivity contribution in [3.63, 3.8) is 0 Å². The van der Waals surface area contributed by atoms with Gasteiger partial charge in [0, 0.05) is 12.8 Å². The third-order valence-electron chi connectivity index (χ3n) is 2.26. The molecule has 4 nitrogen and oxygen atoms in total. The number of halogens is 2. The lowest BCUT2D eigenvalue weighted by molar-refractivity contribution is 0.122. The maximum atomic E-state index is 12.0. The van der Waals surface area contributed by atoms with Crippen LogP contribution in [-0.2, 0) is 11.3 Å². The number of ether oxygens (including phenoxy) is 1. The largest absolute Gasteiger partial charge is 0.379 e. The Bertz CT molecular complexity index is 310. The Kier molecular flexibility index (Phi) is 3.15. The Hall–Kier alpha value is -1.17. The smallest absolute Gasteiger partial charge is 0.257 e. The quantitative estimate of drug-likeness (QED) is 0.827. The van der Waals surface area contributed by atoms with Crippen LogP contribution in [0.25, 0.3) is 0 Å². The van der Waals surface area contributed by atoms with Crippen LogP contribution in [0.3, 0.4) is 0 Å². The van der Waals surface area contributed by atoms with Gasteiger partial charge >= 0.3 is 0 Å². The molecule has 0 aromatic carbocycles. The number of aromatic nitrogens is 2. The standard InChI is InChI=1S/C9H13F2N3O/c10-9(11)5-14-4-8(3-12-14)13-7-1-2-15-6-7/h3-4,7,9,13H,1-2,5-6H2. The summed E-state index contributed by atoms with van der Waals surface area (Å²) in [6, 6.07) is 0.272. The Morgan fingerprint density at radius 1 is 1.67 bits per heavy atom. The topological polar surface area (TPSA) is 39.1 Å². The first kappa shape index (κ1) is 10.4. The maximum Gasteiger partial charge on any atom is 0.257 e. The van der Waals surface area contributed by atoms with E-state index in [1.54, 1.807) is 12.4 Å². The van der Waals surface area contributed by atoms with E-state index in [1.807, 2.05) is 0 Å². The molecule has 0 radical (unpaired) electrons. The molecule has 2 heterocycles. The molecule has 84 valence electrons. The first-order valence-electron chi connectivity index (χ1n) is 4.89. The van der Waals surface area contributed by atoms with E-state index in [2.05, 4.69) is 10.4 Å². The van der Waals surface area contributed by atoms with E-state index in [-0.39, 0.29) is 12.6 Å². The molecule has 1 unspecified atom stereocenters. The van der Waals surface area contributed by atoms with Crippen LogP contribution in [0.15, 0.2) is 12.4 Å². The number of nitrogens with one attached hydrogen (secondary N) is 1. The summed E-state index contributed by atoms with van der Waals surface area (Å²) in [5.74, 6) is 0. The minimum atomic E-state index is -2.37. The highest BCUT2D eigenvalue weighted by Crippen LogP contribution is 2.13. The molecule has 0 bridgehead atoms. The highest BCUT2D eigenvalue weighted by atomic mass is 19.3. The monoisotopic (exact) mass is 217 g/mol. The lowest BCUT2D eigenvalue weighted by Gasteiger charge is -2.08. The zero-order valence-corrected chi connectivity index (χ0v) is 8.20. The molecule has 1 fully saturated rings. The Morgan fingerprint density at radius 2 is 2.53 bits per heavy atom. The summed E-state index contributed by atoms with van der Waals surface area (Å²) in [5, 5.41) is 7.01. The van der Waals surface area contributed by atoms with Crippen LogP contribution in [0.1, 0.15) is 6.42 Å². The van der Waals surface area contributed by atoms with Gasteiger partial charge in [0.15, 0.2) is 0 Å². The molecule has 15 heavy (non-hydrogen) atoms. The summed E-state index contributed by atoms with van der Waals surface area (Å²) in [4.78, 5) is 0. The zero-order chi connectivity index (χ0) is 10.7. The third-order valence-corrected chi connectivity index (χ3v) is 2.26. The molecule has 0 amide bonds. The second kappa shape index (κ2) is 4.57. The molecule has 0 spiro atoms. The van der Waals surface area contributed by atoms with Crippen LogP contribution < -0.4 is 5.32 Å². The number of hydrogen-bond donors (Lipinski definition) is 1. The van der Waals surface area contributed by atoms with Crippen molar-refractivity contribution in [3.05, 3.63) is 12.4 Å². The van der Waals surface area contributed by atoms with Crippen LogP contribution in [0.5, 0.6) is 0 Å². The van der Waals surface area contributed by atoms with Crippen LogP contribution in [0.2, 0.25) is 0 Å². The van der Waals surface area contributed by atoms with Crippen LogP contribution in [0, 0.1) is 0 Å². The molecule has 1 atom stereocenters. The molecule has 1 aliphatic rings. The van der Waals surface area contributed by atoms with Crippen molar-refractivity contribution in [2.24, 2.45) is 0 Å².